The van der Waals surface area contributed by atoms with E-state index in [0.717, 1.165) is 24.4 Å². The standard InChI is InChI=1S/C20H25NO2/c1-2-23-17-10-8-9-16(15-17)20(21-13-6-3-7-14-21)18-11-4-5-12-19(18)22/h4-5,8-12,15,20,22H,2-3,6-7,13-14H2,1H3. The van der Waals surface area contributed by atoms with Gasteiger partial charge in [0.15, 0.2) is 0 Å². The molecule has 1 heterocycles. The Morgan fingerprint density at radius 3 is 2.57 bits per heavy atom. The minimum atomic E-state index is 0.0805. The molecule has 1 atom stereocenters. The molecule has 1 fully saturated rings. The van der Waals surface area contributed by atoms with Gasteiger partial charge in [0, 0.05) is 5.56 Å². The van der Waals surface area contributed by atoms with Crippen LogP contribution in [0.1, 0.15) is 43.4 Å². The van der Waals surface area contributed by atoms with Gasteiger partial charge in [-0.15, -0.1) is 0 Å². The van der Waals surface area contributed by atoms with Crippen LogP contribution in [0.2, 0.25) is 0 Å². The summed E-state index contributed by atoms with van der Waals surface area (Å²) in [7, 11) is 0. The van der Waals surface area contributed by atoms with Crippen LogP contribution >= 0.6 is 0 Å². The zero-order chi connectivity index (χ0) is 16.1. The number of nitrogens with zero attached hydrogens (tertiary/aromatic N) is 1. The molecule has 0 amide bonds. The molecular weight excluding hydrogens is 286 g/mol. The van der Waals surface area contributed by atoms with Crippen molar-refractivity contribution in [2.45, 2.75) is 32.2 Å². The molecule has 0 radical (unpaired) electrons. The predicted octanol–water partition coefficient (Wildman–Crippen LogP) is 4.37. The first kappa shape index (κ1) is 15.9. The van der Waals surface area contributed by atoms with Gasteiger partial charge in [0.2, 0.25) is 0 Å². The molecule has 1 aliphatic rings. The Labute approximate surface area is 138 Å². The summed E-state index contributed by atoms with van der Waals surface area (Å²) in [5.74, 6) is 1.26. The minimum absolute atomic E-state index is 0.0805. The van der Waals surface area contributed by atoms with E-state index >= 15 is 0 Å². The molecule has 1 saturated heterocycles. The fourth-order valence-corrected chi connectivity index (χ4v) is 3.42. The van der Waals surface area contributed by atoms with E-state index in [2.05, 4.69) is 17.0 Å². The first-order valence-corrected chi connectivity index (χ1v) is 8.54. The number of phenolic OH excluding ortho intramolecular Hbond substituents is 1. The van der Waals surface area contributed by atoms with Crippen LogP contribution in [0.5, 0.6) is 11.5 Å². The van der Waals surface area contributed by atoms with Crippen LogP contribution in [0.25, 0.3) is 0 Å². The molecule has 0 aromatic heterocycles. The van der Waals surface area contributed by atoms with Gasteiger partial charge in [0.1, 0.15) is 11.5 Å². The molecule has 2 aromatic carbocycles. The smallest absolute Gasteiger partial charge is 0.120 e. The first-order chi connectivity index (χ1) is 11.3. The van der Waals surface area contributed by atoms with Gasteiger partial charge in [-0.2, -0.15) is 0 Å². The van der Waals surface area contributed by atoms with Crippen LogP contribution in [-0.2, 0) is 0 Å². The van der Waals surface area contributed by atoms with Crippen molar-refractivity contribution in [3.05, 3.63) is 59.7 Å². The summed E-state index contributed by atoms with van der Waals surface area (Å²) in [4.78, 5) is 2.48. The molecule has 0 spiro atoms. The molecule has 122 valence electrons. The Kier molecular flexibility index (Phi) is 5.19. The van der Waals surface area contributed by atoms with Gasteiger partial charge in [-0.05, 0) is 56.6 Å². The number of hydrogen-bond acceptors (Lipinski definition) is 3. The third kappa shape index (κ3) is 3.67. The molecule has 1 N–H and O–H groups in total. The van der Waals surface area contributed by atoms with Crippen molar-refractivity contribution in [1.82, 2.24) is 4.90 Å². The summed E-state index contributed by atoms with van der Waals surface area (Å²) in [6.07, 6.45) is 3.73. The normalized spacial score (nSPS) is 16.9. The van der Waals surface area contributed by atoms with Crippen molar-refractivity contribution in [3.63, 3.8) is 0 Å². The molecule has 3 nitrogen and oxygen atoms in total. The quantitative estimate of drug-likeness (QED) is 0.890. The number of piperidine rings is 1. The monoisotopic (exact) mass is 311 g/mol. The van der Waals surface area contributed by atoms with Crippen LogP contribution in [-0.4, -0.2) is 29.7 Å². The van der Waals surface area contributed by atoms with E-state index < -0.39 is 0 Å². The van der Waals surface area contributed by atoms with Crippen molar-refractivity contribution in [1.29, 1.82) is 0 Å². The highest BCUT2D eigenvalue weighted by molar-refractivity contribution is 5.42. The fraction of sp³-hybridized carbons (Fsp3) is 0.400. The van der Waals surface area contributed by atoms with Gasteiger partial charge in [0.25, 0.3) is 0 Å². The topological polar surface area (TPSA) is 32.7 Å². The lowest BCUT2D eigenvalue weighted by molar-refractivity contribution is 0.184. The van der Waals surface area contributed by atoms with Crippen LogP contribution < -0.4 is 4.74 Å². The second-order valence-electron chi connectivity index (χ2n) is 6.06. The van der Waals surface area contributed by atoms with E-state index in [1.54, 1.807) is 6.07 Å². The fourth-order valence-electron chi connectivity index (χ4n) is 3.42. The number of para-hydroxylation sites is 1. The highest BCUT2D eigenvalue weighted by Crippen LogP contribution is 2.36. The second-order valence-corrected chi connectivity index (χ2v) is 6.06. The van der Waals surface area contributed by atoms with Gasteiger partial charge in [-0.25, -0.2) is 0 Å². The van der Waals surface area contributed by atoms with E-state index in [0.29, 0.717) is 12.4 Å². The molecule has 3 heteroatoms. The Bertz CT molecular complexity index is 635. The molecule has 0 saturated carbocycles. The lowest BCUT2D eigenvalue weighted by Gasteiger charge is -2.35. The second kappa shape index (κ2) is 7.51. The Balaban J connectivity index is 2.01. The molecule has 3 rings (SSSR count). The van der Waals surface area contributed by atoms with E-state index in [1.807, 2.05) is 37.3 Å². The average Bonchev–Trinajstić information content (AvgIpc) is 2.59. The van der Waals surface area contributed by atoms with Gasteiger partial charge in [0.05, 0.1) is 12.6 Å². The van der Waals surface area contributed by atoms with Crippen molar-refractivity contribution in [2.75, 3.05) is 19.7 Å². The SMILES string of the molecule is CCOc1cccc(C(c2ccccc2O)N2CCCCC2)c1. The largest absolute Gasteiger partial charge is 0.508 e. The van der Waals surface area contributed by atoms with Crippen LogP contribution in [0.15, 0.2) is 48.5 Å². The summed E-state index contributed by atoms with van der Waals surface area (Å²) in [6.45, 7) is 4.79. The van der Waals surface area contributed by atoms with E-state index in [-0.39, 0.29) is 6.04 Å². The zero-order valence-corrected chi connectivity index (χ0v) is 13.7. The molecule has 23 heavy (non-hydrogen) atoms. The number of hydrogen-bond donors (Lipinski definition) is 1. The van der Waals surface area contributed by atoms with E-state index in [4.69, 9.17) is 4.74 Å². The van der Waals surface area contributed by atoms with Gasteiger partial charge in [-0.3, -0.25) is 4.90 Å². The Morgan fingerprint density at radius 2 is 1.83 bits per heavy atom. The summed E-state index contributed by atoms with van der Waals surface area (Å²) in [5, 5.41) is 10.4. The maximum atomic E-state index is 10.4. The number of phenols is 1. The zero-order valence-electron chi connectivity index (χ0n) is 13.7. The average molecular weight is 311 g/mol. The van der Waals surface area contributed by atoms with E-state index in [9.17, 15) is 5.11 Å². The van der Waals surface area contributed by atoms with Gasteiger partial charge >= 0.3 is 0 Å². The lowest BCUT2D eigenvalue weighted by atomic mass is 9.94. The van der Waals surface area contributed by atoms with Crippen molar-refractivity contribution < 1.29 is 9.84 Å². The van der Waals surface area contributed by atoms with Gasteiger partial charge in [-0.1, -0.05) is 36.8 Å². The van der Waals surface area contributed by atoms with Crippen LogP contribution in [0, 0.1) is 0 Å². The lowest BCUT2D eigenvalue weighted by Crippen LogP contribution is -2.34. The van der Waals surface area contributed by atoms with Crippen molar-refractivity contribution in [2.24, 2.45) is 0 Å². The summed E-state index contributed by atoms with van der Waals surface area (Å²) < 4.78 is 5.67. The van der Waals surface area contributed by atoms with Crippen LogP contribution in [0.4, 0.5) is 0 Å². The number of benzene rings is 2. The molecule has 2 aromatic rings. The highest BCUT2D eigenvalue weighted by atomic mass is 16.5. The Hall–Kier alpha value is -2.00. The molecule has 1 aliphatic heterocycles. The molecule has 0 bridgehead atoms. The molecular formula is C20H25NO2. The number of likely N-dealkylation sites (tertiary alicyclic amines) is 1. The predicted molar refractivity (Wildman–Crippen MR) is 93.0 cm³/mol. The Morgan fingerprint density at radius 1 is 1.04 bits per heavy atom. The van der Waals surface area contributed by atoms with E-state index in [1.165, 1.54) is 24.8 Å². The summed E-state index contributed by atoms with van der Waals surface area (Å²) >= 11 is 0. The maximum Gasteiger partial charge on any atom is 0.120 e. The number of ether oxygens (including phenoxy) is 1. The van der Waals surface area contributed by atoms with Crippen LogP contribution in [0.3, 0.4) is 0 Å². The van der Waals surface area contributed by atoms with Gasteiger partial charge < -0.3 is 9.84 Å². The molecule has 1 unspecified atom stereocenters. The highest BCUT2D eigenvalue weighted by Gasteiger charge is 2.26. The minimum Gasteiger partial charge on any atom is -0.508 e. The summed E-state index contributed by atoms with van der Waals surface area (Å²) in [6, 6.07) is 16.0. The third-order valence-corrected chi connectivity index (χ3v) is 4.47. The van der Waals surface area contributed by atoms with Crippen molar-refractivity contribution >= 4 is 0 Å². The third-order valence-electron chi connectivity index (χ3n) is 4.47. The van der Waals surface area contributed by atoms with Crippen molar-refractivity contribution in [3.8, 4) is 11.5 Å². The molecule has 0 aliphatic carbocycles. The first-order valence-electron chi connectivity index (χ1n) is 8.54. The maximum absolute atomic E-state index is 10.4. The number of rotatable bonds is 5. The number of aromatic hydroxyl groups is 1. The summed E-state index contributed by atoms with van der Waals surface area (Å²) in [5.41, 5.74) is 2.15.